The van der Waals surface area contributed by atoms with Gasteiger partial charge in [0.1, 0.15) is 0 Å². The summed E-state index contributed by atoms with van der Waals surface area (Å²) in [6.07, 6.45) is 0. The van der Waals surface area contributed by atoms with E-state index in [4.69, 9.17) is 15.0 Å². The van der Waals surface area contributed by atoms with Crippen LogP contribution in [-0.4, -0.2) is 15.0 Å². The molecular weight excluding hydrogens is 667 g/mol. The lowest BCUT2D eigenvalue weighted by Crippen LogP contribution is -2.14. The van der Waals surface area contributed by atoms with E-state index in [2.05, 4.69) is 190 Å². The minimum Gasteiger partial charge on any atom is -0.208 e. The molecule has 1 aromatic heterocycles. The highest BCUT2D eigenvalue weighted by Gasteiger charge is 2.35. The summed E-state index contributed by atoms with van der Waals surface area (Å²) in [7, 11) is 0. The average Bonchev–Trinajstić information content (AvgIpc) is 3.49. The van der Waals surface area contributed by atoms with Crippen molar-refractivity contribution in [3.63, 3.8) is 0 Å². The average molecular weight is 704 g/mol. The lowest BCUT2D eigenvalue weighted by atomic mass is 9.81. The van der Waals surface area contributed by atoms with Gasteiger partial charge in [-0.3, -0.25) is 0 Å². The summed E-state index contributed by atoms with van der Waals surface area (Å²) in [6.45, 7) is 4.67. The molecule has 1 aliphatic carbocycles. The largest absolute Gasteiger partial charge is 0.208 e. The highest BCUT2D eigenvalue weighted by Crippen LogP contribution is 2.49. The van der Waals surface area contributed by atoms with Crippen LogP contribution in [0.25, 0.3) is 89.4 Å². The molecule has 260 valence electrons. The van der Waals surface area contributed by atoms with Gasteiger partial charge in [0.25, 0.3) is 0 Å². The van der Waals surface area contributed by atoms with Crippen LogP contribution < -0.4 is 0 Å². The fourth-order valence-corrected chi connectivity index (χ4v) is 8.22. The molecule has 55 heavy (non-hydrogen) atoms. The number of benzene rings is 8. The van der Waals surface area contributed by atoms with Crippen LogP contribution >= 0.6 is 0 Å². The standard InChI is InChI=1S/C52H37N3/c1-52(2)47-23-12-11-21-44(47)45-29-28-39(33-48(45)52)38-26-24-35-25-27-41(32-42(35)31-38)50-53-49(40-19-13-18-37(30-40)34-14-5-3-6-15-34)54-51(55-50)46-22-10-9-20-43(46)36-16-7-4-8-17-36/h3-33H,1-2H3. The van der Waals surface area contributed by atoms with Crippen molar-refractivity contribution >= 4 is 10.8 Å². The maximum absolute atomic E-state index is 5.21. The summed E-state index contributed by atoms with van der Waals surface area (Å²) < 4.78 is 0. The second-order valence-electron chi connectivity index (χ2n) is 14.9. The Hall–Kier alpha value is -6.97. The Bertz CT molecular complexity index is 2890. The van der Waals surface area contributed by atoms with Crippen LogP contribution in [0.15, 0.2) is 188 Å². The van der Waals surface area contributed by atoms with E-state index >= 15 is 0 Å². The van der Waals surface area contributed by atoms with Gasteiger partial charge in [0.05, 0.1) is 0 Å². The van der Waals surface area contributed by atoms with Gasteiger partial charge in [-0.15, -0.1) is 0 Å². The van der Waals surface area contributed by atoms with Gasteiger partial charge >= 0.3 is 0 Å². The summed E-state index contributed by atoms with van der Waals surface area (Å²) in [4.78, 5) is 15.6. The van der Waals surface area contributed by atoms with E-state index < -0.39 is 0 Å². The maximum atomic E-state index is 5.21. The molecule has 0 unspecified atom stereocenters. The smallest absolute Gasteiger partial charge is 0.164 e. The molecule has 0 bridgehead atoms. The van der Waals surface area contributed by atoms with Crippen LogP contribution in [0.5, 0.6) is 0 Å². The molecule has 3 heteroatoms. The second kappa shape index (κ2) is 13.2. The number of nitrogens with zero attached hydrogens (tertiary/aromatic N) is 3. The van der Waals surface area contributed by atoms with Crippen molar-refractivity contribution in [3.8, 4) is 78.7 Å². The van der Waals surface area contributed by atoms with Gasteiger partial charge in [-0.1, -0.05) is 178 Å². The highest BCUT2D eigenvalue weighted by molar-refractivity contribution is 5.92. The van der Waals surface area contributed by atoms with Crippen LogP contribution in [0.4, 0.5) is 0 Å². The van der Waals surface area contributed by atoms with Crippen LogP contribution in [-0.2, 0) is 5.41 Å². The molecule has 8 aromatic carbocycles. The summed E-state index contributed by atoms with van der Waals surface area (Å²) in [5, 5.41) is 2.30. The van der Waals surface area contributed by atoms with E-state index in [1.54, 1.807) is 0 Å². The van der Waals surface area contributed by atoms with Gasteiger partial charge in [-0.25, -0.2) is 15.0 Å². The molecule has 1 aliphatic rings. The lowest BCUT2D eigenvalue weighted by molar-refractivity contribution is 0.660. The Balaban J connectivity index is 1.10. The van der Waals surface area contributed by atoms with Crippen molar-refractivity contribution in [2.45, 2.75) is 19.3 Å². The highest BCUT2D eigenvalue weighted by atomic mass is 15.0. The van der Waals surface area contributed by atoms with Crippen molar-refractivity contribution in [1.82, 2.24) is 15.0 Å². The molecule has 3 nitrogen and oxygen atoms in total. The maximum Gasteiger partial charge on any atom is 0.164 e. The normalized spacial score (nSPS) is 12.7. The monoisotopic (exact) mass is 703 g/mol. The van der Waals surface area contributed by atoms with Crippen LogP contribution in [0.2, 0.25) is 0 Å². The third-order valence-corrected chi connectivity index (χ3v) is 11.1. The molecule has 0 radical (unpaired) electrons. The third-order valence-electron chi connectivity index (χ3n) is 11.1. The number of hydrogen-bond acceptors (Lipinski definition) is 3. The van der Waals surface area contributed by atoms with Gasteiger partial charge in [-0.2, -0.15) is 0 Å². The van der Waals surface area contributed by atoms with Crippen LogP contribution in [0.3, 0.4) is 0 Å². The first kappa shape index (κ1) is 32.7. The van der Waals surface area contributed by atoms with Gasteiger partial charge in [0.15, 0.2) is 17.5 Å². The zero-order chi connectivity index (χ0) is 36.9. The first-order chi connectivity index (χ1) is 27.0. The van der Waals surface area contributed by atoms with Crippen molar-refractivity contribution in [2.75, 3.05) is 0 Å². The minimum atomic E-state index is -0.0558. The summed E-state index contributed by atoms with van der Waals surface area (Å²) in [5.41, 5.74) is 15.1. The summed E-state index contributed by atoms with van der Waals surface area (Å²) in [6, 6.07) is 66.7. The Labute approximate surface area is 321 Å². The topological polar surface area (TPSA) is 38.7 Å². The van der Waals surface area contributed by atoms with Gasteiger partial charge in [0, 0.05) is 22.1 Å². The molecule has 0 aliphatic heterocycles. The van der Waals surface area contributed by atoms with E-state index in [1.807, 2.05) is 12.1 Å². The molecule has 0 saturated heterocycles. The molecule has 1 heterocycles. The van der Waals surface area contributed by atoms with E-state index in [9.17, 15) is 0 Å². The SMILES string of the molecule is CC1(C)c2ccccc2-c2ccc(-c3ccc4ccc(-c5nc(-c6cccc(-c7ccccc7)c6)nc(-c6ccccc6-c6ccccc6)n5)cc4c3)cc21. The van der Waals surface area contributed by atoms with Crippen molar-refractivity contribution in [1.29, 1.82) is 0 Å². The Kier molecular flexibility index (Phi) is 7.81. The molecule has 0 saturated carbocycles. The van der Waals surface area contributed by atoms with Crippen molar-refractivity contribution in [3.05, 3.63) is 199 Å². The summed E-state index contributed by atoms with van der Waals surface area (Å²) in [5.74, 6) is 1.91. The van der Waals surface area contributed by atoms with Crippen molar-refractivity contribution in [2.24, 2.45) is 0 Å². The molecule has 0 spiro atoms. The van der Waals surface area contributed by atoms with Crippen LogP contribution in [0, 0.1) is 0 Å². The first-order valence-corrected chi connectivity index (χ1v) is 18.9. The lowest BCUT2D eigenvalue weighted by Gasteiger charge is -2.22. The quantitative estimate of drug-likeness (QED) is 0.173. The molecule has 10 rings (SSSR count). The zero-order valence-corrected chi connectivity index (χ0v) is 30.7. The van der Waals surface area contributed by atoms with Crippen molar-refractivity contribution < 1.29 is 0 Å². The molecule has 0 N–H and O–H groups in total. The van der Waals surface area contributed by atoms with Gasteiger partial charge < -0.3 is 0 Å². The van der Waals surface area contributed by atoms with E-state index in [1.165, 1.54) is 38.8 Å². The molecule has 0 atom stereocenters. The Morgan fingerprint density at radius 2 is 0.782 bits per heavy atom. The predicted molar refractivity (Wildman–Crippen MR) is 228 cm³/mol. The first-order valence-electron chi connectivity index (χ1n) is 18.9. The third kappa shape index (κ3) is 5.82. The molecule has 9 aromatic rings. The molecule has 0 fully saturated rings. The molecular formula is C52H37N3. The molecule has 0 amide bonds. The fourth-order valence-electron chi connectivity index (χ4n) is 8.22. The van der Waals surface area contributed by atoms with Gasteiger partial charge in [0.2, 0.25) is 0 Å². The van der Waals surface area contributed by atoms with Crippen LogP contribution in [0.1, 0.15) is 25.0 Å². The van der Waals surface area contributed by atoms with E-state index in [0.717, 1.165) is 44.3 Å². The predicted octanol–water partition coefficient (Wildman–Crippen LogP) is 13.3. The van der Waals surface area contributed by atoms with E-state index in [0.29, 0.717) is 17.5 Å². The fraction of sp³-hybridized carbons (Fsp3) is 0.0577. The number of rotatable bonds is 6. The minimum absolute atomic E-state index is 0.0558. The Morgan fingerprint density at radius 1 is 0.291 bits per heavy atom. The second-order valence-corrected chi connectivity index (χ2v) is 14.9. The number of hydrogen-bond donors (Lipinski definition) is 0. The zero-order valence-electron chi connectivity index (χ0n) is 30.7. The Morgan fingerprint density at radius 3 is 1.55 bits per heavy atom. The number of fused-ring (bicyclic) bond motifs is 4. The summed E-state index contributed by atoms with van der Waals surface area (Å²) >= 11 is 0. The van der Waals surface area contributed by atoms with Gasteiger partial charge in [-0.05, 0) is 90.7 Å². The number of aromatic nitrogens is 3. The van der Waals surface area contributed by atoms with E-state index in [-0.39, 0.29) is 5.41 Å².